The van der Waals surface area contributed by atoms with Crippen LogP contribution >= 0.6 is 11.6 Å². The van der Waals surface area contributed by atoms with Crippen molar-refractivity contribution in [1.29, 1.82) is 0 Å². The van der Waals surface area contributed by atoms with E-state index in [0.717, 1.165) is 18.4 Å². The van der Waals surface area contributed by atoms with Crippen LogP contribution in [0.2, 0.25) is 5.02 Å². The highest BCUT2D eigenvalue weighted by Crippen LogP contribution is 2.18. The molecular formula is C21H20ClN3O2. The van der Waals surface area contributed by atoms with Gasteiger partial charge in [-0.1, -0.05) is 54.1 Å². The molecule has 1 N–H and O–H groups in total. The number of rotatable bonds is 7. The van der Waals surface area contributed by atoms with Crippen LogP contribution in [0.1, 0.15) is 12.0 Å². The van der Waals surface area contributed by atoms with E-state index in [1.54, 1.807) is 18.2 Å². The largest absolute Gasteiger partial charge is 0.354 e. The molecule has 3 rings (SSSR count). The molecular weight excluding hydrogens is 362 g/mol. The highest BCUT2D eigenvalue weighted by atomic mass is 35.5. The fourth-order valence-corrected chi connectivity index (χ4v) is 2.82. The first-order chi connectivity index (χ1) is 13.1. The molecule has 0 atom stereocenters. The predicted octanol–water partition coefficient (Wildman–Crippen LogP) is 3.31. The number of aromatic nitrogens is 2. The Balaban J connectivity index is 1.56. The monoisotopic (exact) mass is 381 g/mol. The fraction of sp³-hybridized carbons (Fsp3) is 0.190. The standard InChI is InChI=1S/C21H20ClN3O2/c22-18-10-8-17(9-11-18)19-12-13-21(27)25(24-19)15-20(26)23-14-4-7-16-5-2-1-3-6-16/h1-3,5-6,8-13H,4,7,14-15H2,(H,23,26). The third-order valence-electron chi connectivity index (χ3n) is 4.11. The Morgan fingerprint density at radius 3 is 2.48 bits per heavy atom. The minimum atomic E-state index is -0.313. The lowest BCUT2D eigenvalue weighted by atomic mass is 10.1. The van der Waals surface area contributed by atoms with Crippen LogP contribution in [-0.4, -0.2) is 22.2 Å². The van der Waals surface area contributed by atoms with E-state index in [0.29, 0.717) is 17.3 Å². The number of halogens is 1. The van der Waals surface area contributed by atoms with Crippen LogP contribution in [0.5, 0.6) is 0 Å². The molecule has 27 heavy (non-hydrogen) atoms. The van der Waals surface area contributed by atoms with Crippen LogP contribution < -0.4 is 10.9 Å². The van der Waals surface area contributed by atoms with Gasteiger partial charge in [0.25, 0.3) is 5.56 Å². The summed E-state index contributed by atoms with van der Waals surface area (Å²) in [6.07, 6.45) is 1.73. The average molecular weight is 382 g/mol. The second kappa shape index (κ2) is 9.14. The zero-order valence-corrected chi connectivity index (χ0v) is 15.5. The van der Waals surface area contributed by atoms with Gasteiger partial charge in [-0.3, -0.25) is 9.59 Å². The van der Waals surface area contributed by atoms with Crippen molar-refractivity contribution in [3.63, 3.8) is 0 Å². The Kier molecular flexibility index (Phi) is 6.39. The van der Waals surface area contributed by atoms with Gasteiger partial charge in [0.05, 0.1) is 5.69 Å². The van der Waals surface area contributed by atoms with Crippen LogP contribution in [0.4, 0.5) is 0 Å². The molecule has 0 spiro atoms. The van der Waals surface area contributed by atoms with Gasteiger partial charge < -0.3 is 5.32 Å². The maximum Gasteiger partial charge on any atom is 0.267 e. The second-order valence-electron chi connectivity index (χ2n) is 6.16. The molecule has 5 nitrogen and oxygen atoms in total. The maximum absolute atomic E-state index is 12.1. The number of nitrogens with zero attached hydrogens (tertiary/aromatic N) is 2. The molecule has 1 heterocycles. The third-order valence-corrected chi connectivity index (χ3v) is 4.36. The van der Waals surface area contributed by atoms with E-state index >= 15 is 0 Å². The van der Waals surface area contributed by atoms with Crippen molar-refractivity contribution in [2.75, 3.05) is 6.54 Å². The second-order valence-corrected chi connectivity index (χ2v) is 6.60. The molecule has 0 radical (unpaired) electrons. The van der Waals surface area contributed by atoms with Crippen molar-refractivity contribution in [1.82, 2.24) is 15.1 Å². The first-order valence-electron chi connectivity index (χ1n) is 8.76. The van der Waals surface area contributed by atoms with Crippen molar-refractivity contribution < 1.29 is 4.79 Å². The van der Waals surface area contributed by atoms with Gasteiger partial charge in [0.2, 0.25) is 5.91 Å². The zero-order valence-electron chi connectivity index (χ0n) is 14.8. The van der Waals surface area contributed by atoms with Crippen molar-refractivity contribution in [2.45, 2.75) is 19.4 Å². The van der Waals surface area contributed by atoms with Crippen LogP contribution in [0.25, 0.3) is 11.3 Å². The maximum atomic E-state index is 12.1. The quantitative estimate of drug-likeness (QED) is 0.638. The average Bonchev–Trinajstić information content (AvgIpc) is 2.68. The summed E-state index contributed by atoms with van der Waals surface area (Å²) in [6.45, 7) is 0.449. The topological polar surface area (TPSA) is 64.0 Å². The molecule has 3 aromatic rings. The molecule has 0 saturated heterocycles. The summed E-state index contributed by atoms with van der Waals surface area (Å²) >= 11 is 5.90. The Labute approximate surface area is 162 Å². The summed E-state index contributed by atoms with van der Waals surface area (Å²) in [7, 11) is 0. The number of hydrogen-bond donors (Lipinski definition) is 1. The van der Waals surface area contributed by atoms with Gasteiger partial charge in [-0.15, -0.1) is 0 Å². The number of carbonyl (C=O) groups is 1. The van der Waals surface area contributed by atoms with Crippen LogP contribution in [0.15, 0.2) is 71.5 Å². The van der Waals surface area contributed by atoms with Gasteiger partial charge in [-0.25, -0.2) is 4.68 Å². The summed E-state index contributed by atoms with van der Waals surface area (Å²) in [5.74, 6) is -0.231. The molecule has 0 saturated carbocycles. The minimum absolute atomic E-state index is 0.106. The SMILES string of the molecule is O=C(Cn1nc(-c2ccc(Cl)cc2)ccc1=O)NCCCc1ccccc1. The lowest BCUT2D eigenvalue weighted by Gasteiger charge is -2.08. The number of amides is 1. The fourth-order valence-electron chi connectivity index (χ4n) is 2.69. The number of hydrogen-bond acceptors (Lipinski definition) is 3. The summed E-state index contributed by atoms with van der Waals surface area (Å²) in [6, 6.07) is 20.3. The summed E-state index contributed by atoms with van der Waals surface area (Å²) in [5, 5.41) is 7.75. The lowest BCUT2D eigenvalue weighted by Crippen LogP contribution is -2.34. The van der Waals surface area contributed by atoms with Crippen molar-refractivity contribution in [3.05, 3.63) is 87.7 Å². The van der Waals surface area contributed by atoms with Crippen molar-refractivity contribution >= 4 is 17.5 Å². The molecule has 0 fully saturated rings. The molecule has 2 aromatic carbocycles. The molecule has 0 aliphatic rings. The van der Waals surface area contributed by atoms with E-state index in [1.807, 2.05) is 30.3 Å². The van der Waals surface area contributed by atoms with Gasteiger partial charge >= 0.3 is 0 Å². The molecule has 0 unspecified atom stereocenters. The first-order valence-corrected chi connectivity index (χ1v) is 9.14. The number of aryl methyl sites for hydroxylation is 1. The Bertz CT molecular complexity index is 953. The first kappa shape index (κ1) is 18.9. The van der Waals surface area contributed by atoms with E-state index < -0.39 is 0 Å². The Morgan fingerprint density at radius 2 is 1.74 bits per heavy atom. The smallest absolute Gasteiger partial charge is 0.267 e. The number of nitrogens with one attached hydrogen (secondary N) is 1. The van der Waals surface area contributed by atoms with Crippen LogP contribution in [-0.2, 0) is 17.8 Å². The highest BCUT2D eigenvalue weighted by Gasteiger charge is 2.08. The van der Waals surface area contributed by atoms with Crippen molar-refractivity contribution in [3.8, 4) is 11.3 Å². The van der Waals surface area contributed by atoms with Crippen LogP contribution in [0.3, 0.4) is 0 Å². The summed E-state index contributed by atoms with van der Waals surface area (Å²) < 4.78 is 1.18. The van der Waals surface area contributed by atoms with Gasteiger partial charge in [0, 0.05) is 23.2 Å². The molecule has 0 aliphatic carbocycles. The minimum Gasteiger partial charge on any atom is -0.354 e. The van der Waals surface area contributed by atoms with E-state index in [4.69, 9.17) is 11.6 Å². The summed E-state index contributed by atoms with van der Waals surface area (Å²) in [5.41, 5.74) is 2.37. The van der Waals surface area contributed by atoms with E-state index in [9.17, 15) is 9.59 Å². The van der Waals surface area contributed by atoms with Gasteiger partial charge in [0.15, 0.2) is 0 Å². The lowest BCUT2D eigenvalue weighted by molar-refractivity contribution is -0.121. The highest BCUT2D eigenvalue weighted by molar-refractivity contribution is 6.30. The Morgan fingerprint density at radius 1 is 1.00 bits per heavy atom. The third kappa shape index (κ3) is 5.53. The van der Waals surface area contributed by atoms with Gasteiger partial charge in [0.1, 0.15) is 6.54 Å². The van der Waals surface area contributed by atoms with Crippen LogP contribution in [0, 0.1) is 0 Å². The number of benzene rings is 2. The van der Waals surface area contributed by atoms with E-state index in [2.05, 4.69) is 22.5 Å². The zero-order chi connectivity index (χ0) is 19.1. The molecule has 1 amide bonds. The molecule has 0 aliphatic heterocycles. The van der Waals surface area contributed by atoms with Gasteiger partial charge in [-0.2, -0.15) is 5.10 Å². The normalized spacial score (nSPS) is 10.6. The van der Waals surface area contributed by atoms with E-state index in [1.165, 1.54) is 16.3 Å². The Hall–Kier alpha value is -2.92. The molecule has 138 valence electrons. The van der Waals surface area contributed by atoms with E-state index in [-0.39, 0.29) is 18.0 Å². The molecule has 1 aromatic heterocycles. The number of carbonyl (C=O) groups excluding carboxylic acids is 1. The van der Waals surface area contributed by atoms with Gasteiger partial charge in [-0.05, 0) is 36.6 Å². The summed E-state index contributed by atoms with van der Waals surface area (Å²) in [4.78, 5) is 24.1. The van der Waals surface area contributed by atoms with Crippen molar-refractivity contribution in [2.24, 2.45) is 0 Å². The predicted molar refractivity (Wildman–Crippen MR) is 107 cm³/mol. The molecule has 6 heteroatoms. The molecule has 0 bridgehead atoms.